The van der Waals surface area contributed by atoms with Crippen molar-refractivity contribution in [3.8, 4) is 0 Å². The highest BCUT2D eigenvalue weighted by molar-refractivity contribution is 6.77. The fourth-order valence-corrected chi connectivity index (χ4v) is 8.23. The van der Waals surface area contributed by atoms with Crippen LogP contribution in [-0.4, -0.2) is 8.32 Å². The fraction of sp³-hybridized carbons (Fsp3) is 0.750. The zero-order valence-corrected chi connectivity index (χ0v) is 14.4. The second kappa shape index (κ2) is 7.83. The van der Waals surface area contributed by atoms with E-state index < -0.39 is 8.32 Å². The van der Waals surface area contributed by atoms with E-state index in [4.69, 9.17) is 4.43 Å². The van der Waals surface area contributed by atoms with Crippen LogP contribution in [0.1, 0.15) is 61.3 Å². The van der Waals surface area contributed by atoms with Gasteiger partial charge in [-0.3, -0.25) is 0 Å². The van der Waals surface area contributed by atoms with Crippen molar-refractivity contribution in [3.05, 3.63) is 24.5 Å². The van der Waals surface area contributed by atoms with Crippen molar-refractivity contribution in [2.45, 2.75) is 77.9 Å². The van der Waals surface area contributed by atoms with E-state index in [1.54, 1.807) is 0 Å². The van der Waals surface area contributed by atoms with E-state index in [0.717, 1.165) is 12.2 Å². The summed E-state index contributed by atoms with van der Waals surface area (Å²) in [6.07, 6.45) is 6.49. The van der Waals surface area contributed by atoms with Crippen molar-refractivity contribution >= 4 is 8.32 Å². The predicted molar refractivity (Wildman–Crippen MR) is 85.3 cm³/mol. The molecule has 0 spiro atoms. The number of unbranched alkanes of at least 4 members (excludes halogenated alkanes) is 1. The van der Waals surface area contributed by atoms with Crippen molar-refractivity contribution in [1.29, 1.82) is 0 Å². The maximum atomic E-state index is 6.43. The van der Waals surface area contributed by atoms with Gasteiger partial charge < -0.3 is 4.43 Å². The zero-order valence-electron chi connectivity index (χ0n) is 13.4. The summed E-state index contributed by atoms with van der Waals surface area (Å²) in [7, 11) is -1.80. The highest BCUT2D eigenvalue weighted by atomic mass is 28.4. The molecule has 0 saturated carbocycles. The molecule has 1 nitrogen and oxygen atoms in total. The van der Waals surface area contributed by atoms with Crippen LogP contribution in [0.25, 0.3) is 0 Å². The molecule has 18 heavy (non-hydrogen) atoms. The third kappa shape index (κ3) is 4.31. The standard InChI is InChI=1S/C16H32OSi/c1-9-10-11-12-16(8)17-18(13(2)3,14(4)5)15(6)7/h11-15H,8-10H2,1-7H3/b12-11+. The number of allylic oxidation sites excluding steroid dienone is 2. The lowest BCUT2D eigenvalue weighted by Gasteiger charge is -2.42. The summed E-state index contributed by atoms with van der Waals surface area (Å²) in [4.78, 5) is 0. The molecule has 0 heterocycles. The van der Waals surface area contributed by atoms with Gasteiger partial charge in [-0.2, -0.15) is 0 Å². The third-order valence-electron chi connectivity index (χ3n) is 3.77. The summed E-state index contributed by atoms with van der Waals surface area (Å²) < 4.78 is 6.43. The largest absolute Gasteiger partial charge is 0.543 e. The van der Waals surface area contributed by atoms with Gasteiger partial charge in [0.15, 0.2) is 0 Å². The molecule has 0 aliphatic carbocycles. The first-order valence-corrected chi connectivity index (χ1v) is 9.47. The molecule has 2 heteroatoms. The second-order valence-corrected chi connectivity index (χ2v) is 11.5. The zero-order chi connectivity index (χ0) is 14.3. The number of hydrogen-bond acceptors (Lipinski definition) is 1. The molecule has 0 aromatic heterocycles. The third-order valence-corrected chi connectivity index (χ3v) is 9.80. The van der Waals surface area contributed by atoms with Gasteiger partial charge in [-0.15, -0.1) is 0 Å². The van der Waals surface area contributed by atoms with Crippen molar-refractivity contribution in [3.63, 3.8) is 0 Å². The molecule has 0 aromatic carbocycles. The summed E-state index contributed by atoms with van der Waals surface area (Å²) in [5, 5.41) is 0. The van der Waals surface area contributed by atoms with Gasteiger partial charge in [0, 0.05) is 0 Å². The summed E-state index contributed by atoms with van der Waals surface area (Å²) in [6, 6.07) is 0. The van der Waals surface area contributed by atoms with Crippen LogP contribution in [0.15, 0.2) is 24.5 Å². The van der Waals surface area contributed by atoms with E-state index in [1.807, 2.05) is 0 Å². The molecule has 0 saturated heterocycles. The van der Waals surface area contributed by atoms with Crippen LogP contribution in [0.5, 0.6) is 0 Å². The van der Waals surface area contributed by atoms with Gasteiger partial charge in [0.1, 0.15) is 0 Å². The molecule has 0 bridgehead atoms. The highest BCUT2D eigenvalue weighted by Crippen LogP contribution is 2.43. The minimum absolute atomic E-state index is 0.605. The van der Waals surface area contributed by atoms with Gasteiger partial charge in [-0.25, -0.2) is 0 Å². The van der Waals surface area contributed by atoms with Crippen molar-refractivity contribution in [2.24, 2.45) is 0 Å². The van der Waals surface area contributed by atoms with Crippen LogP contribution in [0.4, 0.5) is 0 Å². The molecule has 0 aliphatic heterocycles. The molecule has 0 aliphatic rings. The SMILES string of the molecule is C=C(/C=C/CCC)O[Si](C(C)C)(C(C)C)C(C)C. The minimum Gasteiger partial charge on any atom is -0.543 e. The molecule has 0 radical (unpaired) electrons. The predicted octanol–water partition coefficient (Wildman–Crippen LogP) is 6.05. The van der Waals surface area contributed by atoms with E-state index >= 15 is 0 Å². The van der Waals surface area contributed by atoms with Crippen LogP contribution < -0.4 is 0 Å². The average Bonchev–Trinajstić information content (AvgIpc) is 2.24. The fourth-order valence-electron chi connectivity index (χ4n) is 3.00. The van der Waals surface area contributed by atoms with Gasteiger partial charge in [0.25, 0.3) is 8.32 Å². The van der Waals surface area contributed by atoms with E-state index in [9.17, 15) is 0 Å². The first-order valence-electron chi connectivity index (χ1n) is 7.33. The molecule has 0 unspecified atom stereocenters. The summed E-state index contributed by atoms with van der Waals surface area (Å²) in [5.41, 5.74) is 1.82. The lowest BCUT2D eigenvalue weighted by molar-refractivity contribution is 0.388. The Bertz CT molecular complexity index is 255. The van der Waals surface area contributed by atoms with Crippen LogP contribution in [0, 0.1) is 0 Å². The number of rotatable bonds is 8. The van der Waals surface area contributed by atoms with E-state index in [0.29, 0.717) is 16.6 Å². The first-order chi connectivity index (χ1) is 8.28. The lowest BCUT2D eigenvalue weighted by atomic mass is 10.3. The van der Waals surface area contributed by atoms with E-state index in [2.05, 4.69) is 67.2 Å². The quantitative estimate of drug-likeness (QED) is 0.296. The van der Waals surface area contributed by atoms with Gasteiger partial charge >= 0.3 is 0 Å². The first kappa shape index (κ1) is 17.5. The molecule has 0 amide bonds. The van der Waals surface area contributed by atoms with Crippen molar-refractivity contribution < 1.29 is 4.43 Å². The van der Waals surface area contributed by atoms with Crippen LogP contribution >= 0.6 is 0 Å². The Morgan fingerprint density at radius 3 is 1.83 bits per heavy atom. The van der Waals surface area contributed by atoms with Crippen molar-refractivity contribution in [2.75, 3.05) is 0 Å². The topological polar surface area (TPSA) is 9.23 Å². The van der Waals surface area contributed by atoms with Crippen molar-refractivity contribution in [1.82, 2.24) is 0 Å². The molecule has 0 atom stereocenters. The summed E-state index contributed by atoms with van der Waals surface area (Å²) >= 11 is 0. The average molecular weight is 269 g/mol. The van der Waals surface area contributed by atoms with Crippen LogP contribution in [0.3, 0.4) is 0 Å². The monoisotopic (exact) mass is 268 g/mol. The Morgan fingerprint density at radius 1 is 1.06 bits per heavy atom. The van der Waals surface area contributed by atoms with Gasteiger partial charge in [0.05, 0.1) is 5.76 Å². The smallest absolute Gasteiger partial charge is 0.258 e. The van der Waals surface area contributed by atoms with E-state index in [1.165, 1.54) is 6.42 Å². The van der Waals surface area contributed by atoms with E-state index in [-0.39, 0.29) is 0 Å². The summed E-state index contributed by atoms with van der Waals surface area (Å²) in [5.74, 6) is 0.853. The normalized spacial score (nSPS) is 13.0. The molecule has 0 rings (SSSR count). The van der Waals surface area contributed by atoms with Crippen LogP contribution in [0.2, 0.25) is 16.6 Å². The molecular formula is C16H32OSi. The van der Waals surface area contributed by atoms with Gasteiger partial charge in [-0.1, -0.05) is 67.5 Å². The maximum Gasteiger partial charge on any atom is 0.258 e. The van der Waals surface area contributed by atoms with Gasteiger partial charge in [0.2, 0.25) is 0 Å². The highest BCUT2D eigenvalue weighted by Gasteiger charge is 2.46. The second-order valence-electron chi connectivity index (χ2n) is 6.08. The maximum absolute atomic E-state index is 6.43. The van der Waals surface area contributed by atoms with Gasteiger partial charge in [-0.05, 0) is 29.1 Å². The van der Waals surface area contributed by atoms with Crippen LogP contribution in [-0.2, 0) is 4.43 Å². The minimum atomic E-state index is -1.80. The summed E-state index contributed by atoms with van der Waals surface area (Å²) in [6.45, 7) is 20.1. The Labute approximate surface area is 115 Å². The lowest BCUT2D eigenvalue weighted by Crippen LogP contribution is -2.47. The molecule has 106 valence electrons. The Balaban J connectivity index is 4.95. The Morgan fingerprint density at radius 2 is 1.50 bits per heavy atom. The molecular weight excluding hydrogens is 236 g/mol. The Hall–Kier alpha value is -0.503. The molecule has 0 fully saturated rings. The molecule has 0 N–H and O–H groups in total. The number of hydrogen-bond donors (Lipinski definition) is 0. The molecule has 0 aromatic rings. The Kier molecular flexibility index (Phi) is 7.61.